The fourth-order valence-corrected chi connectivity index (χ4v) is 3.45. The minimum atomic E-state index is -4.41. The van der Waals surface area contributed by atoms with E-state index < -0.39 is 11.7 Å². The Kier molecular flexibility index (Phi) is 6.58. The van der Waals surface area contributed by atoms with E-state index in [0.717, 1.165) is 12.1 Å². The third-order valence-electron chi connectivity index (χ3n) is 4.99. The van der Waals surface area contributed by atoms with Gasteiger partial charge in [-0.1, -0.05) is 0 Å². The number of hydrogen-bond donors (Lipinski definition) is 0. The second-order valence-electron chi connectivity index (χ2n) is 7.63. The first-order valence-corrected chi connectivity index (χ1v) is 9.95. The predicted molar refractivity (Wildman–Crippen MR) is 104 cm³/mol. The van der Waals surface area contributed by atoms with Gasteiger partial charge in [-0.15, -0.1) is 0 Å². The number of piperidine rings is 1. The van der Waals surface area contributed by atoms with Crippen LogP contribution in [0.1, 0.15) is 38.7 Å². The van der Waals surface area contributed by atoms with Crippen LogP contribution in [0, 0.1) is 0 Å². The number of anilines is 1. The zero-order chi connectivity index (χ0) is 21.9. The average Bonchev–Trinajstić information content (AvgIpc) is 2.67. The molecule has 0 spiro atoms. The fraction of sp³-hybridized carbons (Fsp3) is 0.524. The maximum atomic E-state index is 12.7. The summed E-state index contributed by atoms with van der Waals surface area (Å²) in [5.74, 6) is 0.236. The molecule has 164 valence electrons. The molecule has 2 amide bonds. The molecule has 0 saturated carbocycles. The Hall–Kier alpha value is -2.71. The summed E-state index contributed by atoms with van der Waals surface area (Å²) >= 11 is 0. The molecule has 2 heterocycles. The van der Waals surface area contributed by atoms with Crippen LogP contribution in [-0.4, -0.2) is 48.7 Å². The van der Waals surface area contributed by atoms with Crippen molar-refractivity contribution in [2.45, 2.75) is 51.5 Å². The molecule has 0 N–H and O–H groups in total. The Bertz CT molecular complexity index is 797. The summed E-state index contributed by atoms with van der Waals surface area (Å²) in [4.78, 5) is 27.5. The number of benzene rings is 1. The lowest BCUT2D eigenvalue weighted by Crippen LogP contribution is -2.42. The number of carbonyl (C=O) groups is 2. The minimum absolute atomic E-state index is 0.0928. The van der Waals surface area contributed by atoms with Gasteiger partial charge in [0.1, 0.15) is 11.9 Å². The molecule has 1 aromatic carbocycles. The molecule has 1 aromatic rings. The number of carbonyl (C=O) groups excluding carboxylic acids is 2. The zero-order valence-corrected chi connectivity index (χ0v) is 16.9. The van der Waals surface area contributed by atoms with Gasteiger partial charge in [0, 0.05) is 50.7 Å². The molecule has 2 aliphatic heterocycles. The molecule has 9 heteroatoms. The Morgan fingerprint density at radius 2 is 1.73 bits per heavy atom. The highest BCUT2D eigenvalue weighted by Gasteiger charge is 2.31. The molecule has 3 rings (SSSR count). The van der Waals surface area contributed by atoms with Gasteiger partial charge in [-0.05, 0) is 38.1 Å². The van der Waals surface area contributed by atoms with Gasteiger partial charge < -0.3 is 19.3 Å². The Balaban J connectivity index is 1.53. The van der Waals surface area contributed by atoms with E-state index in [2.05, 4.69) is 0 Å². The van der Waals surface area contributed by atoms with Gasteiger partial charge >= 0.3 is 12.3 Å². The number of hydrogen-bond acceptors (Lipinski definition) is 4. The molecule has 6 nitrogen and oxygen atoms in total. The quantitative estimate of drug-likeness (QED) is 0.718. The molecule has 0 aromatic heterocycles. The molecule has 1 saturated heterocycles. The summed E-state index contributed by atoms with van der Waals surface area (Å²) in [5, 5.41) is 0. The summed E-state index contributed by atoms with van der Waals surface area (Å²) < 4.78 is 49.2. The number of rotatable bonds is 4. The van der Waals surface area contributed by atoms with Crippen LogP contribution in [-0.2, 0) is 20.4 Å². The number of nitrogens with zero attached hydrogens (tertiary/aromatic N) is 2. The van der Waals surface area contributed by atoms with Gasteiger partial charge in [-0.2, -0.15) is 13.2 Å². The van der Waals surface area contributed by atoms with E-state index in [0.29, 0.717) is 50.3 Å². The molecule has 2 aliphatic rings. The second kappa shape index (κ2) is 8.97. The largest absolute Gasteiger partial charge is 0.494 e. The molecule has 0 unspecified atom stereocenters. The summed E-state index contributed by atoms with van der Waals surface area (Å²) in [7, 11) is 0. The normalized spacial score (nSPS) is 18.5. The standard InChI is InChI=1S/C21H25F3N2O4/c1-14(2)29-20(28)25-10-7-17(8-11-25)30-18-9-12-26(19(27)13-18)16-5-3-15(4-6-16)21(22,23)24/h3-6,13-14,17H,7-12H2,1-2H3. The predicted octanol–water partition coefficient (Wildman–Crippen LogP) is 4.35. The van der Waals surface area contributed by atoms with Crippen LogP contribution in [0.5, 0.6) is 0 Å². The monoisotopic (exact) mass is 426 g/mol. The van der Waals surface area contributed by atoms with E-state index in [1.54, 1.807) is 18.7 Å². The van der Waals surface area contributed by atoms with Crippen LogP contribution < -0.4 is 4.90 Å². The fourth-order valence-electron chi connectivity index (χ4n) is 3.45. The van der Waals surface area contributed by atoms with Crippen LogP contribution >= 0.6 is 0 Å². The zero-order valence-electron chi connectivity index (χ0n) is 16.9. The van der Waals surface area contributed by atoms with Crippen molar-refractivity contribution in [3.63, 3.8) is 0 Å². The highest BCUT2D eigenvalue weighted by Crippen LogP contribution is 2.31. The van der Waals surface area contributed by atoms with Crippen molar-refractivity contribution in [2.75, 3.05) is 24.5 Å². The van der Waals surface area contributed by atoms with Crippen LogP contribution in [0.25, 0.3) is 0 Å². The number of ether oxygens (including phenoxy) is 2. The maximum Gasteiger partial charge on any atom is 0.416 e. The third kappa shape index (κ3) is 5.46. The van der Waals surface area contributed by atoms with Crippen molar-refractivity contribution >= 4 is 17.7 Å². The highest BCUT2D eigenvalue weighted by atomic mass is 19.4. The van der Waals surface area contributed by atoms with Crippen LogP contribution in [0.15, 0.2) is 36.1 Å². The van der Waals surface area contributed by atoms with Crippen molar-refractivity contribution in [3.05, 3.63) is 41.7 Å². The Morgan fingerprint density at radius 3 is 2.27 bits per heavy atom. The van der Waals surface area contributed by atoms with Gasteiger partial charge in [-0.25, -0.2) is 4.79 Å². The summed E-state index contributed by atoms with van der Waals surface area (Å²) in [6.07, 6.45) is -1.86. The summed E-state index contributed by atoms with van der Waals surface area (Å²) in [6.45, 7) is 4.97. The summed E-state index contributed by atoms with van der Waals surface area (Å²) in [5.41, 5.74) is -0.334. The number of likely N-dealkylation sites (tertiary alicyclic amines) is 1. The maximum absolute atomic E-state index is 12.7. The van der Waals surface area contributed by atoms with Crippen LogP contribution in [0.4, 0.5) is 23.7 Å². The minimum Gasteiger partial charge on any atom is -0.494 e. The molecule has 30 heavy (non-hydrogen) atoms. The van der Waals surface area contributed by atoms with E-state index in [9.17, 15) is 22.8 Å². The van der Waals surface area contributed by atoms with E-state index in [1.807, 2.05) is 0 Å². The first-order valence-electron chi connectivity index (χ1n) is 9.95. The highest BCUT2D eigenvalue weighted by molar-refractivity contribution is 6.02. The summed E-state index contributed by atoms with van der Waals surface area (Å²) in [6, 6.07) is 4.53. The number of amides is 2. The Labute approximate surface area is 173 Å². The molecular formula is C21H25F3N2O4. The molecule has 0 bridgehead atoms. The SMILES string of the molecule is CC(C)OC(=O)N1CCC(OC2=CC(=O)N(c3ccc(C(F)(F)F)cc3)CC2)CC1. The van der Waals surface area contributed by atoms with Gasteiger partial charge in [0.2, 0.25) is 0 Å². The van der Waals surface area contributed by atoms with Crippen molar-refractivity contribution in [1.82, 2.24) is 4.90 Å². The first-order chi connectivity index (χ1) is 14.1. The van der Waals surface area contributed by atoms with Crippen molar-refractivity contribution in [2.24, 2.45) is 0 Å². The van der Waals surface area contributed by atoms with Gasteiger partial charge in [0.15, 0.2) is 0 Å². The van der Waals surface area contributed by atoms with Crippen LogP contribution in [0.3, 0.4) is 0 Å². The topological polar surface area (TPSA) is 59.1 Å². The van der Waals surface area contributed by atoms with E-state index in [-0.39, 0.29) is 24.2 Å². The van der Waals surface area contributed by atoms with Crippen molar-refractivity contribution in [1.29, 1.82) is 0 Å². The third-order valence-corrected chi connectivity index (χ3v) is 4.99. The lowest BCUT2D eigenvalue weighted by molar-refractivity contribution is -0.137. The van der Waals surface area contributed by atoms with E-state index in [1.165, 1.54) is 23.1 Å². The van der Waals surface area contributed by atoms with Crippen molar-refractivity contribution < 1.29 is 32.2 Å². The molecular weight excluding hydrogens is 401 g/mol. The Morgan fingerprint density at radius 1 is 1.10 bits per heavy atom. The van der Waals surface area contributed by atoms with Crippen molar-refractivity contribution in [3.8, 4) is 0 Å². The number of alkyl halides is 3. The smallest absolute Gasteiger partial charge is 0.416 e. The van der Waals surface area contributed by atoms with Crippen LogP contribution in [0.2, 0.25) is 0 Å². The van der Waals surface area contributed by atoms with E-state index >= 15 is 0 Å². The second-order valence-corrected chi connectivity index (χ2v) is 7.63. The lowest BCUT2D eigenvalue weighted by Gasteiger charge is -2.34. The van der Waals surface area contributed by atoms with Gasteiger partial charge in [0.25, 0.3) is 5.91 Å². The molecule has 0 radical (unpaired) electrons. The molecule has 0 aliphatic carbocycles. The average molecular weight is 426 g/mol. The van der Waals surface area contributed by atoms with Gasteiger partial charge in [0.05, 0.1) is 11.7 Å². The van der Waals surface area contributed by atoms with Gasteiger partial charge in [-0.3, -0.25) is 4.79 Å². The molecule has 0 atom stereocenters. The lowest BCUT2D eigenvalue weighted by atomic mass is 10.1. The van der Waals surface area contributed by atoms with E-state index in [4.69, 9.17) is 9.47 Å². The molecule has 1 fully saturated rings. The number of halogens is 3. The first kappa shape index (κ1) is 22.0.